The number of aliphatic imine (C=N–C) groups is 1. The fraction of sp³-hybridized carbons (Fsp3) is 0.947. The van der Waals surface area contributed by atoms with E-state index in [1.807, 2.05) is 7.05 Å². The van der Waals surface area contributed by atoms with Gasteiger partial charge in [-0.15, -0.1) is 0 Å². The first-order chi connectivity index (χ1) is 11.4. The minimum atomic E-state index is 0.194. The van der Waals surface area contributed by atoms with Crippen LogP contribution in [0.1, 0.15) is 47.0 Å². The Hall–Kier alpha value is -0.810. The fourth-order valence-electron chi connectivity index (χ4n) is 4.90. The molecule has 0 aromatic heterocycles. The number of nitrogens with zero attached hydrogens (tertiary/aromatic N) is 2. The minimum Gasteiger partial charge on any atom is -0.377 e. The van der Waals surface area contributed by atoms with E-state index in [1.54, 1.807) is 0 Å². The molecule has 2 heterocycles. The van der Waals surface area contributed by atoms with E-state index in [0.717, 1.165) is 18.5 Å². The van der Waals surface area contributed by atoms with Crippen LogP contribution in [0.4, 0.5) is 0 Å². The largest absolute Gasteiger partial charge is 0.377 e. The first-order valence-corrected chi connectivity index (χ1v) is 9.75. The van der Waals surface area contributed by atoms with Crippen molar-refractivity contribution in [2.75, 3.05) is 33.3 Å². The molecule has 2 N–H and O–H groups in total. The number of hydrogen-bond acceptors (Lipinski definition) is 3. The fourth-order valence-corrected chi connectivity index (χ4v) is 4.90. The molecule has 3 rings (SSSR count). The summed E-state index contributed by atoms with van der Waals surface area (Å²) in [7, 11) is 1.89. The van der Waals surface area contributed by atoms with E-state index in [1.165, 1.54) is 38.9 Å². The summed E-state index contributed by atoms with van der Waals surface area (Å²) in [5.74, 6) is 2.37. The lowest BCUT2D eigenvalue weighted by molar-refractivity contribution is -0.106. The van der Waals surface area contributed by atoms with Crippen molar-refractivity contribution in [2.24, 2.45) is 22.2 Å². The van der Waals surface area contributed by atoms with Crippen LogP contribution < -0.4 is 10.6 Å². The number of nitrogens with one attached hydrogen (secondary N) is 2. The third-order valence-electron chi connectivity index (χ3n) is 6.17. The van der Waals surface area contributed by atoms with Gasteiger partial charge in [0.05, 0.1) is 6.10 Å². The highest BCUT2D eigenvalue weighted by Gasteiger charge is 2.59. The van der Waals surface area contributed by atoms with E-state index < -0.39 is 0 Å². The molecular weight excluding hydrogens is 300 g/mol. The van der Waals surface area contributed by atoms with Crippen LogP contribution in [0.2, 0.25) is 0 Å². The van der Waals surface area contributed by atoms with Crippen molar-refractivity contribution < 1.29 is 4.74 Å². The molecule has 0 aromatic rings. The second kappa shape index (κ2) is 7.20. The molecule has 0 amide bonds. The molecule has 5 heteroatoms. The Balaban J connectivity index is 1.48. The van der Waals surface area contributed by atoms with Gasteiger partial charge < -0.3 is 20.3 Å². The predicted molar refractivity (Wildman–Crippen MR) is 99.3 cm³/mol. The van der Waals surface area contributed by atoms with Crippen molar-refractivity contribution in [2.45, 2.75) is 65.1 Å². The number of guanidine groups is 1. The van der Waals surface area contributed by atoms with Crippen LogP contribution in [0.15, 0.2) is 4.99 Å². The van der Waals surface area contributed by atoms with Gasteiger partial charge in [0.2, 0.25) is 0 Å². The van der Waals surface area contributed by atoms with E-state index in [-0.39, 0.29) is 5.41 Å². The van der Waals surface area contributed by atoms with Crippen molar-refractivity contribution >= 4 is 5.96 Å². The second-order valence-electron chi connectivity index (χ2n) is 8.87. The summed E-state index contributed by atoms with van der Waals surface area (Å²) in [4.78, 5) is 7.08. The highest BCUT2D eigenvalue weighted by molar-refractivity contribution is 5.80. The van der Waals surface area contributed by atoms with Gasteiger partial charge in [-0.1, -0.05) is 27.7 Å². The zero-order chi connectivity index (χ0) is 17.3. The number of likely N-dealkylation sites (tertiary alicyclic amines) is 1. The van der Waals surface area contributed by atoms with Gasteiger partial charge >= 0.3 is 0 Å². The highest BCUT2D eigenvalue weighted by atomic mass is 16.5. The summed E-state index contributed by atoms with van der Waals surface area (Å²) in [5, 5.41) is 7.37. The number of ether oxygens (including phenoxy) is 1. The van der Waals surface area contributed by atoms with E-state index >= 15 is 0 Å². The van der Waals surface area contributed by atoms with Crippen LogP contribution in [0.5, 0.6) is 0 Å². The Kier molecular flexibility index (Phi) is 5.40. The predicted octanol–water partition coefficient (Wildman–Crippen LogP) is 2.09. The molecule has 0 radical (unpaired) electrons. The molecule has 3 unspecified atom stereocenters. The minimum absolute atomic E-state index is 0.194. The summed E-state index contributed by atoms with van der Waals surface area (Å²) in [5.41, 5.74) is 0.194. The molecule has 2 aliphatic heterocycles. The number of rotatable bonds is 4. The van der Waals surface area contributed by atoms with E-state index in [9.17, 15) is 0 Å². The van der Waals surface area contributed by atoms with Gasteiger partial charge in [-0.3, -0.25) is 4.99 Å². The van der Waals surface area contributed by atoms with Crippen molar-refractivity contribution in [3.05, 3.63) is 0 Å². The maximum Gasteiger partial charge on any atom is 0.191 e. The number of hydrogen-bond donors (Lipinski definition) is 2. The van der Waals surface area contributed by atoms with Crippen LogP contribution in [-0.2, 0) is 4.74 Å². The van der Waals surface area contributed by atoms with Crippen molar-refractivity contribution in [3.8, 4) is 0 Å². The summed E-state index contributed by atoms with van der Waals surface area (Å²) < 4.78 is 5.90. The molecule has 1 saturated carbocycles. The molecule has 5 nitrogen and oxygen atoms in total. The lowest BCUT2D eigenvalue weighted by atomic mass is 9.57. The SMILES string of the molecule is CN=C(NC1CCN(CC(C)C)CC1)NC1C2CCOC2C1(C)C. The molecule has 3 aliphatic rings. The van der Waals surface area contributed by atoms with Crippen molar-refractivity contribution in [1.82, 2.24) is 15.5 Å². The monoisotopic (exact) mass is 336 g/mol. The first kappa shape index (κ1) is 18.0. The van der Waals surface area contributed by atoms with Crippen LogP contribution in [-0.4, -0.2) is 62.3 Å². The Bertz CT molecular complexity index is 454. The van der Waals surface area contributed by atoms with Gasteiger partial charge in [-0.05, 0) is 25.2 Å². The molecule has 1 aliphatic carbocycles. The standard InChI is InChI=1S/C19H36N4O/c1-13(2)12-23-9-6-14(7-10-23)21-18(20-5)22-16-15-8-11-24-17(15)19(16,3)4/h13-17H,6-12H2,1-5H3,(H2,20,21,22). The Morgan fingerprint density at radius 3 is 2.54 bits per heavy atom. The highest BCUT2D eigenvalue weighted by Crippen LogP contribution is 2.52. The zero-order valence-corrected chi connectivity index (χ0v) is 16.1. The van der Waals surface area contributed by atoms with Crippen LogP contribution >= 0.6 is 0 Å². The van der Waals surface area contributed by atoms with Crippen molar-refractivity contribution in [1.29, 1.82) is 0 Å². The van der Waals surface area contributed by atoms with Gasteiger partial charge in [-0.2, -0.15) is 0 Å². The molecule has 3 atom stereocenters. The Morgan fingerprint density at radius 2 is 1.92 bits per heavy atom. The smallest absolute Gasteiger partial charge is 0.191 e. The van der Waals surface area contributed by atoms with Gasteiger partial charge in [-0.25, -0.2) is 0 Å². The third-order valence-corrected chi connectivity index (χ3v) is 6.17. The average Bonchev–Trinajstić information content (AvgIpc) is 2.99. The molecule has 0 spiro atoms. The third kappa shape index (κ3) is 3.57. The van der Waals surface area contributed by atoms with Gasteiger partial charge in [0.1, 0.15) is 0 Å². The topological polar surface area (TPSA) is 48.9 Å². The summed E-state index contributed by atoms with van der Waals surface area (Å²) in [6.45, 7) is 13.8. The van der Waals surface area contributed by atoms with Gasteiger partial charge in [0, 0.05) is 56.7 Å². The molecule has 24 heavy (non-hydrogen) atoms. The molecular formula is C19H36N4O. The van der Waals surface area contributed by atoms with Gasteiger partial charge in [0.25, 0.3) is 0 Å². The quantitative estimate of drug-likeness (QED) is 0.610. The van der Waals surface area contributed by atoms with Crippen LogP contribution in [0.25, 0.3) is 0 Å². The number of fused-ring (bicyclic) bond motifs is 1. The zero-order valence-electron chi connectivity index (χ0n) is 16.1. The Morgan fingerprint density at radius 1 is 1.21 bits per heavy atom. The van der Waals surface area contributed by atoms with E-state index in [2.05, 4.69) is 48.2 Å². The lowest BCUT2D eigenvalue weighted by Crippen LogP contribution is -2.68. The normalized spacial score (nSPS) is 34.1. The van der Waals surface area contributed by atoms with Gasteiger partial charge in [0.15, 0.2) is 5.96 Å². The average molecular weight is 337 g/mol. The van der Waals surface area contributed by atoms with Crippen LogP contribution in [0, 0.1) is 17.3 Å². The molecule has 2 saturated heterocycles. The summed E-state index contributed by atoms with van der Waals surface area (Å²) in [6.07, 6.45) is 4.01. The number of piperidine rings is 1. The molecule has 0 bridgehead atoms. The summed E-state index contributed by atoms with van der Waals surface area (Å²) >= 11 is 0. The van der Waals surface area contributed by atoms with E-state index in [0.29, 0.717) is 24.1 Å². The lowest BCUT2D eigenvalue weighted by Gasteiger charge is -2.55. The maximum absolute atomic E-state index is 5.90. The molecule has 0 aromatic carbocycles. The maximum atomic E-state index is 5.90. The Labute approximate surface area is 147 Å². The second-order valence-corrected chi connectivity index (χ2v) is 8.87. The van der Waals surface area contributed by atoms with E-state index in [4.69, 9.17) is 4.74 Å². The first-order valence-electron chi connectivity index (χ1n) is 9.75. The molecule has 138 valence electrons. The van der Waals surface area contributed by atoms with Crippen LogP contribution in [0.3, 0.4) is 0 Å². The summed E-state index contributed by atoms with van der Waals surface area (Å²) in [6, 6.07) is 1.01. The van der Waals surface area contributed by atoms with Crippen molar-refractivity contribution in [3.63, 3.8) is 0 Å². The molecule has 3 fully saturated rings.